The van der Waals surface area contributed by atoms with E-state index in [4.69, 9.17) is 4.74 Å². The van der Waals surface area contributed by atoms with Crippen molar-refractivity contribution in [3.05, 3.63) is 17.7 Å². The summed E-state index contributed by atoms with van der Waals surface area (Å²) in [4.78, 5) is 4.29. The van der Waals surface area contributed by atoms with E-state index in [1.54, 1.807) is 0 Å². The molecule has 68 valence electrons. The second-order valence-corrected chi connectivity index (χ2v) is 2.54. The van der Waals surface area contributed by atoms with Crippen molar-refractivity contribution in [2.75, 3.05) is 6.61 Å². The summed E-state index contributed by atoms with van der Waals surface area (Å²) >= 11 is 1.84. The van der Waals surface area contributed by atoms with Crippen molar-refractivity contribution in [2.45, 2.75) is 20.1 Å². The van der Waals surface area contributed by atoms with Gasteiger partial charge < -0.3 is 9.30 Å². The molecule has 5 heteroatoms. The van der Waals surface area contributed by atoms with E-state index in [1.165, 1.54) is 0 Å². The van der Waals surface area contributed by atoms with Crippen LogP contribution in [0.4, 0.5) is 0 Å². The van der Waals surface area contributed by atoms with E-state index >= 15 is 0 Å². The lowest BCUT2D eigenvalue weighted by molar-refractivity contribution is 0.0816. The number of fused-ring (bicyclic) bond motifs is 1. The van der Waals surface area contributed by atoms with Crippen molar-refractivity contribution in [2.24, 2.45) is 0 Å². The maximum Gasteiger partial charge on any atom is 0.135 e. The number of imidazole rings is 1. The Kier molecular flexibility index (Phi) is 4.38. The molecule has 1 aromatic rings. The van der Waals surface area contributed by atoms with Crippen LogP contribution in [0.25, 0.3) is 0 Å². The van der Waals surface area contributed by atoms with Crippen LogP contribution in [0.3, 0.4) is 0 Å². The molecule has 0 unspecified atom stereocenters. The number of hydrogen-bond acceptors (Lipinski definition) is 3. The second-order valence-electron chi connectivity index (χ2n) is 2.54. The maximum absolute atomic E-state index is 5.23. The molecule has 0 N–H and O–H groups in total. The van der Waals surface area contributed by atoms with Gasteiger partial charge >= 0.3 is 0 Å². The molecule has 0 fully saturated rings. The minimum atomic E-state index is 0.674. The molecule has 0 aromatic carbocycles. The minimum Gasteiger partial charge on any atom is -0.372 e. The molecule has 1 aromatic heterocycles. The van der Waals surface area contributed by atoms with Crippen LogP contribution in [-0.4, -0.2) is 16.2 Å². The van der Waals surface area contributed by atoms with E-state index in [0.29, 0.717) is 6.61 Å². The Morgan fingerprint density at radius 1 is 1.67 bits per heavy atom. The predicted octanol–water partition coefficient (Wildman–Crippen LogP) is 1.99. The molecule has 1 aliphatic rings. The van der Waals surface area contributed by atoms with Gasteiger partial charge in [-0.25, -0.2) is 4.98 Å². The summed E-state index contributed by atoms with van der Waals surface area (Å²) in [6.45, 7) is 4.46. The van der Waals surface area contributed by atoms with Gasteiger partial charge in [-0.2, -0.15) is 0 Å². The number of thiol groups is 1. The summed E-state index contributed by atoms with van der Waals surface area (Å²) < 4.78 is 7.38. The van der Waals surface area contributed by atoms with Gasteiger partial charge in [-0.1, -0.05) is 0 Å². The number of nitrogens with zero attached hydrogens (tertiary/aromatic N) is 2. The molecule has 2 heterocycles. The molecule has 0 saturated carbocycles. The van der Waals surface area contributed by atoms with Crippen LogP contribution >= 0.6 is 31.0 Å². The molecule has 0 spiro atoms. The molecule has 0 aliphatic carbocycles. The Labute approximate surface area is 89.5 Å². The number of aromatic nitrogens is 2. The van der Waals surface area contributed by atoms with Gasteiger partial charge in [0.05, 0.1) is 12.3 Å². The first-order chi connectivity index (χ1) is 5.86. The molecule has 12 heavy (non-hydrogen) atoms. The molecule has 0 amide bonds. The minimum absolute atomic E-state index is 0.674. The maximum atomic E-state index is 5.23. The van der Waals surface area contributed by atoms with Gasteiger partial charge in [-0.15, -0.1) is 9.80 Å². The van der Waals surface area contributed by atoms with Crippen molar-refractivity contribution in [3.8, 4) is 0 Å². The molecule has 0 atom stereocenters. The van der Waals surface area contributed by atoms with E-state index in [9.17, 15) is 0 Å². The van der Waals surface area contributed by atoms with Crippen molar-refractivity contribution in [1.82, 2.24) is 9.55 Å². The molecule has 0 bridgehead atoms. The third kappa shape index (κ3) is 2.37. The fourth-order valence-corrected chi connectivity index (χ4v) is 1.23. The van der Waals surface area contributed by atoms with Gasteiger partial charge in [-0.3, -0.25) is 0 Å². The summed E-state index contributed by atoms with van der Waals surface area (Å²) in [5.74, 6) is 1.06. The van der Waals surface area contributed by atoms with Crippen LogP contribution in [0.2, 0.25) is 0 Å². The SMILES string of the molecule is Cc1cn2c(n1)COCC2.SI. The monoisotopic (exact) mass is 298 g/mol. The van der Waals surface area contributed by atoms with Gasteiger partial charge in [0, 0.05) is 12.7 Å². The van der Waals surface area contributed by atoms with Crippen LogP contribution in [0.1, 0.15) is 11.5 Å². The molecular formula is C7H11IN2OS. The summed E-state index contributed by atoms with van der Waals surface area (Å²) in [5.41, 5.74) is 1.08. The average Bonchev–Trinajstić information content (AvgIpc) is 2.48. The van der Waals surface area contributed by atoms with E-state index in [2.05, 4.69) is 25.5 Å². The van der Waals surface area contributed by atoms with E-state index in [0.717, 1.165) is 24.7 Å². The van der Waals surface area contributed by atoms with Crippen LogP contribution < -0.4 is 0 Å². The topological polar surface area (TPSA) is 27.1 Å². The molecule has 0 saturated heterocycles. The Hall–Kier alpha value is 0.250. The van der Waals surface area contributed by atoms with Crippen molar-refractivity contribution in [3.63, 3.8) is 0 Å². The average molecular weight is 298 g/mol. The first-order valence-electron chi connectivity index (χ1n) is 3.63. The Bertz CT molecular complexity index is 228. The van der Waals surface area contributed by atoms with Gasteiger partial charge in [0.2, 0.25) is 0 Å². The number of ether oxygens (including phenoxy) is 1. The molecule has 1 aliphatic heterocycles. The van der Waals surface area contributed by atoms with Gasteiger partial charge in [0.15, 0.2) is 0 Å². The predicted molar refractivity (Wildman–Crippen MR) is 59.6 cm³/mol. The highest BCUT2D eigenvalue weighted by Crippen LogP contribution is 2.08. The van der Waals surface area contributed by atoms with Gasteiger partial charge in [0.1, 0.15) is 12.4 Å². The third-order valence-corrected chi connectivity index (χ3v) is 1.69. The van der Waals surface area contributed by atoms with Crippen LogP contribution in [-0.2, 0) is 17.9 Å². The Balaban J connectivity index is 0.000000336. The quantitative estimate of drug-likeness (QED) is 0.586. The smallest absolute Gasteiger partial charge is 0.135 e. The first kappa shape index (κ1) is 10.3. The molecule has 0 radical (unpaired) electrons. The highest BCUT2D eigenvalue weighted by atomic mass is 127. The summed E-state index contributed by atoms with van der Waals surface area (Å²) in [7, 11) is 3.50. The molecular weight excluding hydrogens is 287 g/mol. The van der Waals surface area contributed by atoms with Gasteiger partial charge in [-0.05, 0) is 28.1 Å². The fourth-order valence-electron chi connectivity index (χ4n) is 1.23. The van der Waals surface area contributed by atoms with Gasteiger partial charge in [0.25, 0.3) is 0 Å². The van der Waals surface area contributed by atoms with Crippen molar-refractivity contribution in [1.29, 1.82) is 0 Å². The largest absolute Gasteiger partial charge is 0.372 e. The standard InChI is InChI=1S/C7H10N2O.HIS/c1-6-4-9-2-3-10-5-7(9)8-6;1-2/h4H,2-3,5H2,1H3;2H. The molecule has 3 nitrogen and oxygen atoms in total. The zero-order valence-electron chi connectivity index (χ0n) is 6.83. The lowest BCUT2D eigenvalue weighted by atomic mass is 10.5. The summed E-state index contributed by atoms with van der Waals surface area (Å²) in [6, 6.07) is 0. The summed E-state index contributed by atoms with van der Waals surface area (Å²) in [6.07, 6.45) is 2.07. The Morgan fingerprint density at radius 3 is 3.08 bits per heavy atom. The van der Waals surface area contributed by atoms with Crippen molar-refractivity contribution < 1.29 is 4.74 Å². The highest BCUT2D eigenvalue weighted by molar-refractivity contribution is 14.2. The first-order valence-corrected chi connectivity index (χ1v) is 6.87. The van der Waals surface area contributed by atoms with Crippen LogP contribution in [0, 0.1) is 6.92 Å². The summed E-state index contributed by atoms with van der Waals surface area (Å²) in [5, 5.41) is 0. The fraction of sp³-hybridized carbons (Fsp3) is 0.571. The zero-order valence-corrected chi connectivity index (χ0v) is 9.88. The third-order valence-electron chi connectivity index (χ3n) is 1.69. The number of hydrogen-bond donors (Lipinski definition) is 1. The second kappa shape index (κ2) is 5.08. The number of aryl methyl sites for hydroxylation is 1. The number of halogens is 1. The number of rotatable bonds is 0. The lowest BCUT2D eigenvalue weighted by Crippen LogP contribution is -2.15. The van der Waals surface area contributed by atoms with E-state index < -0.39 is 0 Å². The van der Waals surface area contributed by atoms with E-state index in [-0.39, 0.29) is 0 Å². The van der Waals surface area contributed by atoms with Crippen LogP contribution in [0.15, 0.2) is 6.20 Å². The van der Waals surface area contributed by atoms with Crippen molar-refractivity contribution >= 4 is 31.0 Å². The highest BCUT2D eigenvalue weighted by Gasteiger charge is 2.09. The zero-order chi connectivity index (χ0) is 8.97. The normalized spacial score (nSPS) is 14.6. The Morgan fingerprint density at radius 2 is 2.42 bits per heavy atom. The van der Waals surface area contributed by atoms with Crippen LogP contribution in [0.5, 0.6) is 0 Å². The van der Waals surface area contributed by atoms with E-state index in [1.807, 2.05) is 28.1 Å². The molecule has 2 rings (SSSR count). The lowest BCUT2D eigenvalue weighted by Gasteiger charge is -2.13.